The fraction of sp³-hybridized carbons (Fsp3) is 0.650. The summed E-state index contributed by atoms with van der Waals surface area (Å²) in [5.74, 6) is -5.16. The standard InChI is InChI=1S/C16H25N3OS.2C2HF3O2/c1-3-19-10-9-17(2)16(15(19)20)5-7-18(8-6-16)12-14-4-11-21-13-14;2*3-2(4,5)1(6)7/h4,11,13H,3,5-10,12H2,1-2H3;2*(H,6,7). The monoisotopic (exact) mass is 535 g/mol. The number of halogens is 6. The smallest absolute Gasteiger partial charge is 0.475 e. The fourth-order valence-corrected chi connectivity index (χ4v) is 4.32. The predicted octanol–water partition coefficient (Wildman–Crippen LogP) is 3.14. The van der Waals surface area contributed by atoms with E-state index >= 15 is 0 Å². The number of likely N-dealkylation sites (N-methyl/N-ethyl adjacent to an activating group) is 2. The molecule has 1 aromatic heterocycles. The molecular formula is C20H27F6N3O5S. The normalized spacial score (nSPS) is 18.9. The Bertz CT molecular complexity index is 815. The molecule has 1 amide bonds. The van der Waals surface area contributed by atoms with Gasteiger partial charge in [-0.1, -0.05) is 0 Å². The molecule has 15 heteroatoms. The number of carboxylic acids is 2. The summed E-state index contributed by atoms with van der Waals surface area (Å²) in [5.41, 5.74) is 1.16. The van der Waals surface area contributed by atoms with Crippen LogP contribution in [0.3, 0.4) is 0 Å². The maximum atomic E-state index is 12.8. The van der Waals surface area contributed by atoms with Crippen molar-refractivity contribution in [2.24, 2.45) is 0 Å². The molecule has 1 spiro atoms. The van der Waals surface area contributed by atoms with Gasteiger partial charge in [-0.3, -0.25) is 14.6 Å². The van der Waals surface area contributed by atoms with Crippen LogP contribution >= 0.6 is 11.3 Å². The van der Waals surface area contributed by atoms with Gasteiger partial charge in [0.05, 0.1) is 0 Å². The van der Waals surface area contributed by atoms with Crippen molar-refractivity contribution in [2.45, 2.75) is 44.2 Å². The molecule has 200 valence electrons. The van der Waals surface area contributed by atoms with E-state index in [1.165, 1.54) is 5.56 Å². The number of hydrogen-bond donors (Lipinski definition) is 2. The molecule has 2 aliphatic rings. The van der Waals surface area contributed by atoms with E-state index in [4.69, 9.17) is 19.8 Å². The molecule has 0 unspecified atom stereocenters. The van der Waals surface area contributed by atoms with Gasteiger partial charge in [-0.25, -0.2) is 9.59 Å². The van der Waals surface area contributed by atoms with Crippen LogP contribution in [0, 0.1) is 0 Å². The quantitative estimate of drug-likeness (QED) is 0.574. The number of piperidine rings is 1. The summed E-state index contributed by atoms with van der Waals surface area (Å²) in [7, 11) is 2.12. The third-order valence-electron chi connectivity index (χ3n) is 5.66. The minimum absolute atomic E-state index is 0.237. The summed E-state index contributed by atoms with van der Waals surface area (Å²) in [5, 5.41) is 18.6. The topological polar surface area (TPSA) is 101 Å². The number of hydrogen-bond acceptors (Lipinski definition) is 6. The number of aliphatic carboxylic acids is 2. The summed E-state index contributed by atoms with van der Waals surface area (Å²) in [4.78, 5) is 37.5. The van der Waals surface area contributed by atoms with E-state index in [0.29, 0.717) is 5.91 Å². The van der Waals surface area contributed by atoms with Crippen molar-refractivity contribution in [2.75, 3.05) is 39.8 Å². The molecule has 0 bridgehead atoms. The minimum atomic E-state index is -5.08. The molecule has 0 radical (unpaired) electrons. The molecule has 35 heavy (non-hydrogen) atoms. The van der Waals surface area contributed by atoms with Crippen LogP contribution in [-0.2, 0) is 20.9 Å². The highest BCUT2D eigenvalue weighted by Gasteiger charge is 2.48. The van der Waals surface area contributed by atoms with Crippen molar-refractivity contribution in [1.29, 1.82) is 0 Å². The molecule has 2 aliphatic heterocycles. The van der Waals surface area contributed by atoms with Gasteiger partial charge in [0.1, 0.15) is 5.54 Å². The Hall–Kier alpha value is -2.39. The largest absolute Gasteiger partial charge is 0.490 e. The summed E-state index contributed by atoms with van der Waals surface area (Å²) in [6, 6.07) is 2.20. The number of carboxylic acid groups (broad SMARTS) is 2. The number of nitrogens with zero attached hydrogens (tertiary/aromatic N) is 3. The highest BCUT2D eigenvalue weighted by Crippen LogP contribution is 2.33. The van der Waals surface area contributed by atoms with Crippen LogP contribution in [0.5, 0.6) is 0 Å². The zero-order valence-corrected chi connectivity index (χ0v) is 19.8. The summed E-state index contributed by atoms with van der Waals surface area (Å²) < 4.78 is 63.5. The van der Waals surface area contributed by atoms with Crippen LogP contribution in [0.15, 0.2) is 16.8 Å². The first kappa shape index (κ1) is 30.6. The lowest BCUT2D eigenvalue weighted by atomic mass is 9.82. The number of amides is 1. The molecule has 2 fully saturated rings. The van der Waals surface area contributed by atoms with Crippen molar-refractivity contribution in [3.63, 3.8) is 0 Å². The van der Waals surface area contributed by atoms with Gasteiger partial charge in [0, 0.05) is 39.3 Å². The molecule has 0 saturated carbocycles. The van der Waals surface area contributed by atoms with Gasteiger partial charge in [-0.15, -0.1) is 0 Å². The van der Waals surface area contributed by atoms with E-state index in [9.17, 15) is 31.1 Å². The molecule has 2 saturated heterocycles. The highest BCUT2D eigenvalue weighted by atomic mass is 32.1. The SMILES string of the molecule is CCN1CCN(C)C2(CCN(Cc3ccsc3)CC2)C1=O.O=C(O)C(F)(F)F.O=C(O)C(F)(F)F. The van der Waals surface area contributed by atoms with Crippen molar-refractivity contribution < 1.29 is 50.9 Å². The second-order valence-electron chi connectivity index (χ2n) is 7.85. The Labute approximate surface area is 201 Å². The van der Waals surface area contributed by atoms with E-state index in [1.54, 1.807) is 11.3 Å². The molecule has 0 atom stereocenters. The number of thiophene rings is 1. The molecule has 0 aliphatic carbocycles. The van der Waals surface area contributed by atoms with Gasteiger partial charge >= 0.3 is 24.3 Å². The Kier molecular flexibility index (Phi) is 11.0. The van der Waals surface area contributed by atoms with Crippen LogP contribution < -0.4 is 0 Å². The maximum absolute atomic E-state index is 12.8. The van der Waals surface area contributed by atoms with Gasteiger partial charge in [0.25, 0.3) is 0 Å². The van der Waals surface area contributed by atoms with Gasteiger partial charge < -0.3 is 15.1 Å². The zero-order chi connectivity index (χ0) is 27.0. The number of alkyl halides is 6. The molecule has 3 rings (SSSR count). The molecule has 0 aromatic carbocycles. The molecule has 2 N–H and O–H groups in total. The van der Waals surface area contributed by atoms with Crippen LogP contribution in [0.2, 0.25) is 0 Å². The average Bonchev–Trinajstić information content (AvgIpc) is 3.26. The van der Waals surface area contributed by atoms with Gasteiger partial charge in [0.15, 0.2) is 0 Å². The Morgan fingerprint density at radius 3 is 1.86 bits per heavy atom. The lowest BCUT2D eigenvalue weighted by Crippen LogP contribution is -2.67. The van der Waals surface area contributed by atoms with Crippen LogP contribution in [0.25, 0.3) is 0 Å². The summed E-state index contributed by atoms with van der Waals surface area (Å²) in [6.45, 7) is 7.87. The van der Waals surface area contributed by atoms with Crippen molar-refractivity contribution in [3.05, 3.63) is 22.4 Å². The van der Waals surface area contributed by atoms with Crippen molar-refractivity contribution in [1.82, 2.24) is 14.7 Å². The highest BCUT2D eigenvalue weighted by molar-refractivity contribution is 7.07. The minimum Gasteiger partial charge on any atom is -0.475 e. The third-order valence-corrected chi connectivity index (χ3v) is 6.39. The maximum Gasteiger partial charge on any atom is 0.490 e. The van der Waals surface area contributed by atoms with Crippen LogP contribution in [0.1, 0.15) is 25.3 Å². The molecule has 1 aromatic rings. The van der Waals surface area contributed by atoms with Crippen molar-refractivity contribution >= 4 is 29.2 Å². The third kappa shape index (κ3) is 8.96. The van der Waals surface area contributed by atoms with Gasteiger partial charge in [0.2, 0.25) is 5.91 Å². The first-order valence-corrected chi connectivity index (χ1v) is 11.3. The zero-order valence-electron chi connectivity index (χ0n) is 19.0. The van der Waals surface area contributed by atoms with Crippen molar-refractivity contribution in [3.8, 4) is 0 Å². The van der Waals surface area contributed by atoms with E-state index in [0.717, 1.165) is 52.1 Å². The Morgan fingerprint density at radius 1 is 1.00 bits per heavy atom. The summed E-state index contributed by atoms with van der Waals surface area (Å²) >= 11 is 1.76. The fourth-order valence-electron chi connectivity index (χ4n) is 3.66. The predicted molar refractivity (Wildman–Crippen MR) is 114 cm³/mol. The lowest BCUT2D eigenvalue weighted by Gasteiger charge is -2.51. The number of piperazine rings is 1. The number of carbonyl (C=O) groups is 3. The lowest BCUT2D eigenvalue weighted by molar-refractivity contribution is -0.193. The van der Waals surface area contributed by atoms with Crippen LogP contribution in [-0.4, -0.2) is 100 Å². The van der Waals surface area contributed by atoms with Gasteiger partial charge in [-0.05, 0) is 49.2 Å². The second kappa shape index (κ2) is 12.5. The second-order valence-corrected chi connectivity index (χ2v) is 8.63. The van der Waals surface area contributed by atoms with E-state index < -0.39 is 24.3 Å². The van der Waals surface area contributed by atoms with E-state index in [-0.39, 0.29) is 5.54 Å². The van der Waals surface area contributed by atoms with Crippen LogP contribution in [0.4, 0.5) is 26.3 Å². The number of likely N-dealkylation sites (tertiary alicyclic amines) is 1. The molecule has 3 heterocycles. The number of rotatable bonds is 3. The molecular weight excluding hydrogens is 508 g/mol. The Morgan fingerprint density at radius 2 is 1.49 bits per heavy atom. The first-order valence-electron chi connectivity index (χ1n) is 10.4. The average molecular weight is 536 g/mol. The van der Waals surface area contributed by atoms with E-state index in [2.05, 4.69) is 40.6 Å². The number of carbonyl (C=O) groups excluding carboxylic acids is 1. The Balaban J connectivity index is 0.000000362. The molecule has 8 nitrogen and oxygen atoms in total. The summed E-state index contributed by atoms with van der Waals surface area (Å²) in [6.07, 6.45) is -8.24. The van der Waals surface area contributed by atoms with Gasteiger partial charge in [-0.2, -0.15) is 37.7 Å². The first-order chi connectivity index (χ1) is 16.0. The van der Waals surface area contributed by atoms with E-state index in [1.807, 2.05) is 4.90 Å².